The highest BCUT2D eigenvalue weighted by atomic mass is 127. The van der Waals surface area contributed by atoms with E-state index in [1.165, 1.54) is 25.5 Å². The third-order valence-corrected chi connectivity index (χ3v) is 4.26. The van der Waals surface area contributed by atoms with Crippen molar-refractivity contribution in [1.82, 2.24) is 5.43 Å². The van der Waals surface area contributed by atoms with Gasteiger partial charge in [-0.1, -0.05) is 24.8 Å². The Labute approximate surface area is 173 Å². The molecule has 5 nitrogen and oxygen atoms in total. The highest BCUT2D eigenvalue weighted by Crippen LogP contribution is 2.34. The van der Waals surface area contributed by atoms with Crippen molar-refractivity contribution in [2.45, 2.75) is 6.18 Å². The fourth-order valence-electron chi connectivity index (χ4n) is 2.25. The Hall–Kier alpha value is -2.56. The Balaban J connectivity index is 2.18. The number of methoxy groups -OCH3 is 1. The number of amides is 1. The van der Waals surface area contributed by atoms with Gasteiger partial charge in [-0.15, -0.1) is 0 Å². The number of nitrogens with one attached hydrogen (secondary N) is 1. The number of benzene rings is 2. The van der Waals surface area contributed by atoms with Gasteiger partial charge in [0, 0.05) is 0 Å². The van der Waals surface area contributed by atoms with Crippen LogP contribution in [-0.2, 0) is 6.18 Å². The molecule has 1 amide bonds. The molecule has 0 unspecified atom stereocenters. The topological polar surface area (TPSA) is 59.9 Å². The van der Waals surface area contributed by atoms with Crippen LogP contribution in [0.2, 0.25) is 0 Å². The van der Waals surface area contributed by atoms with Gasteiger partial charge < -0.3 is 9.47 Å². The molecule has 0 heterocycles. The van der Waals surface area contributed by atoms with Gasteiger partial charge in [0.25, 0.3) is 5.91 Å². The Morgan fingerprint density at radius 1 is 1.32 bits per heavy atom. The molecule has 0 atom stereocenters. The van der Waals surface area contributed by atoms with Crippen molar-refractivity contribution < 1.29 is 27.4 Å². The van der Waals surface area contributed by atoms with Crippen LogP contribution < -0.4 is 14.9 Å². The zero-order chi connectivity index (χ0) is 20.7. The van der Waals surface area contributed by atoms with Gasteiger partial charge in [-0.3, -0.25) is 4.79 Å². The third-order valence-electron chi connectivity index (χ3n) is 3.45. The van der Waals surface area contributed by atoms with Gasteiger partial charge in [0.05, 0.1) is 28.0 Å². The Kier molecular flexibility index (Phi) is 7.44. The highest BCUT2D eigenvalue weighted by molar-refractivity contribution is 14.1. The maximum atomic E-state index is 13.0. The van der Waals surface area contributed by atoms with E-state index in [9.17, 15) is 18.0 Å². The molecule has 2 aromatic rings. The lowest BCUT2D eigenvalue weighted by Gasteiger charge is -2.12. The fourth-order valence-corrected chi connectivity index (χ4v) is 3.03. The first-order chi connectivity index (χ1) is 13.3. The highest BCUT2D eigenvalue weighted by Gasteiger charge is 2.34. The largest absolute Gasteiger partial charge is 0.493 e. The number of hydrogen-bond acceptors (Lipinski definition) is 4. The van der Waals surface area contributed by atoms with E-state index in [1.807, 2.05) is 22.6 Å². The molecule has 0 spiro atoms. The predicted octanol–water partition coefficient (Wildman–Crippen LogP) is 4.65. The number of alkyl halides is 3. The van der Waals surface area contributed by atoms with Crippen LogP contribution in [0.15, 0.2) is 54.2 Å². The summed E-state index contributed by atoms with van der Waals surface area (Å²) < 4.78 is 50.5. The van der Waals surface area contributed by atoms with Crippen LogP contribution in [0.3, 0.4) is 0 Å². The van der Waals surface area contributed by atoms with E-state index in [0.717, 1.165) is 15.7 Å². The molecular formula is C19H16F3IN2O3. The maximum absolute atomic E-state index is 13.0. The molecule has 1 N–H and O–H groups in total. The van der Waals surface area contributed by atoms with Crippen LogP contribution >= 0.6 is 22.6 Å². The molecule has 0 aliphatic heterocycles. The van der Waals surface area contributed by atoms with E-state index in [2.05, 4.69) is 17.1 Å². The monoisotopic (exact) mass is 504 g/mol. The van der Waals surface area contributed by atoms with E-state index in [0.29, 0.717) is 23.7 Å². The molecule has 28 heavy (non-hydrogen) atoms. The van der Waals surface area contributed by atoms with Crippen molar-refractivity contribution >= 4 is 34.7 Å². The number of rotatable bonds is 7. The first-order valence-corrected chi connectivity index (χ1v) is 8.96. The Morgan fingerprint density at radius 2 is 2.04 bits per heavy atom. The number of halogens is 4. The lowest BCUT2D eigenvalue weighted by Crippen LogP contribution is -2.22. The van der Waals surface area contributed by atoms with Gasteiger partial charge >= 0.3 is 6.18 Å². The minimum Gasteiger partial charge on any atom is -0.493 e. The number of hydrazone groups is 1. The summed E-state index contributed by atoms with van der Waals surface area (Å²) in [7, 11) is 1.48. The standard InChI is InChI=1S/C19H16F3IN2O3/c1-3-8-28-17-15(23)9-12(10-16(17)27-2)11-24-25-18(26)13-6-4-5-7-14(13)19(20,21)22/h3-7,9-11H,1,8H2,2H3,(H,25,26)/b24-11+. The van der Waals surface area contributed by atoms with Gasteiger partial charge in [0.2, 0.25) is 0 Å². The lowest BCUT2D eigenvalue weighted by atomic mass is 10.1. The van der Waals surface area contributed by atoms with E-state index in [-0.39, 0.29) is 0 Å². The Bertz CT molecular complexity index is 898. The third kappa shape index (κ3) is 5.47. The van der Waals surface area contributed by atoms with Gasteiger partial charge in [-0.25, -0.2) is 5.43 Å². The van der Waals surface area contributed by atoms with E-state index >= 15 is 0 Å². The van der Waals surface area contributed by atoms with Gasteiger partial charge in [0.1, 0.15) is 6.61 Å². The molecule has 0 fully saturated rings. The first kappa shape index (κ1) is 21.7. The second-order valence-electron chi connectivity index (χ2n) is 5.38. The lowest BCUT2D eigenvalue weighted by molar-refractivity contribution is -0.137. The molecule has 0 bridgehead atoms. The van der Waals surface area contributed by atoms with E-state index in [1.54, 1.807) is 18.2 Å². The van der Waals surface area contributed by atoms with E-state index < -0.39 is 23.2 Å². The maximum Gasteiger partial charge on any atom is 0.417 e. The van der Waals surface area contributed by atoms with Crippen LogP contribution in [0.1, 0.15) is 21.5 Å². The van der Waals surface area contributed by atoms with Crippen molar-refractivity contribution in [3.8, 4) is 11.5 Å². The summed E-state index contributed by atoms with van der Waals surface area (Å²) in [5.74, 6) is 0.0176. The number of nitrogens with zero attached hydrogens (tertiary/aromatic N) is 1. The molecule has 0 aliphatic carbocycles. The molecule has 0 saturated carbocycles. The van der Waals surface area contributed by atoms with Crippen LogP contribution in [0.4, 0.5) is 13.2 Å². The molecule has 148 valence electrons. The van der Waals surface area contributed by atoms with Crippen molar-refractivity contribution in [3.63, 3.8) is 0 Å². The molecule has 2 rings (SSSR count). The minimum absolute atomic E-state index is 0.300. The Morgan fingerprint density at radius 3 is 2.68 bits per heavy atom. The molecular weight excluding hydrogens is 488 g/mol. The second-order valence-corrected chi connectivity index (χ2v) is 6.54. The van der Waals surface area contributed by atoms with Crippen molar-refractivity contribution in [2.75, 3.05) is 13.7 Å². The summed E-state index contributed by atoms with van der Waals surface area (Å²) >= 11 is 2.05. The SMILES string of the molecule is C=CCOc1c(I)cc(/C=N/NC(=O)c2ccccc2C(F)(F)F)cc1OC. The molecule has 0 aliphatic rings. The minimum atomic E-state index is -4.64. The number of carbonyl (C=O) groups excluding carboxylic acids is 1. The van der Waals surface area contributed by atoms with Crippen molar-refractivity contribution in [3.05, 3.63) is 69.3 Å². The van der Waals surface area contributed by atoms with Crippen molar-refractivity contribution in [1.29, 1.82) is 0 Å². The van der Waals surface area contributed by atoms with Crippen LogP contribution in [-0.4, -0.2) is 25.8 Å². The zero-order valence-electron chi connectivity index (χ0n) is 14.7. The molecule has 0 saturated heterocycles. The normalized spacial score (nSPS) is 11.3. The average Bonchev–Trinajstić information content (AvgIpc) is 2.66. The van der Waals surface area contributed by atoms with Gasteiger partial charge in [-0.05, 0) is 52.4 Å². The second kappa shape index (κ2) is 9.58. The quantitative estimate of drug-likeness (QED) is 0.259. The van der Waals surface area contributed by atoms with Gasteiger partial charge in [0.15, 0.2) is 11.5 Å². The van der Waals surface area contributed by atoms with E-state index in [4.69, 9.17) is 9.47 Å². The summed E-state index contributed by atoms with van der Waals surface area (Å²) in [4.78, 5) is 12.1. The summed E-state index contributed by atoms with van der Waals surface area (Å²) in [6, 6.07) is 7.84. The number of hydrogen-bond donors (Lipinski definition) is 1. The zero-order valence-corrected chi connectivity index (χ0v) is 16.9. The summed E-state index contributed by atoms with van der Waals surface area (Å²) in [6.07, 6.45) is -1.74. The predicted molar refractivity (Wildman–Crippen MR) is 108 cm³/mol. The van der Waals surface area contributed by atoms with Crippen LogP contribution in [0.25, 0.3) is 0 Å². The van der Waals surface area contributed by atoms with Crippen LogP contribution in [0, 0.1) is 3.57 Å². The first-order valence-electron chi connectivity index (χ1n) is 7.88. The fraction of sp³-hybridized carbons (Fsp3) is 0.158. The summed E-state index contributed by atoms with van der Waals surface area (Å²) in [6.45, 7) is 3.88. The number of carbonyl (C=O) groups is 1. The molecule has 2 aromatic carbocycles. The summed E-state index contributed by atoms with van der Waals surface area (Å²) in [5, 5.41) is 3.74. The van der Waals surface area contributed by atoms with Crippen LogP contribution in [0.5, 0.6) is 11.5 Å². The smallest absolute Gasteiger partial charge is 0.417 e. The molecule has 9 heteroatoms. The summed E-state index contributed by atoms with van der Waals surface area (Å²) in [5.41, 5.74) is 1.14. The number of ether oxygens (including phenoxy) is 2. The molecule has 0 radical (unpaired) electrons. The van der Waals surface area contributed by atoms with Gasteiger partial charge in [-0.2, -0.15) is 18.3 Å². The molecule has 0 aromatic heterocycles. The average molecular weight is 504 g/mol. The van der Waals surface area contributed by atoms with Crippen molar-refractivity contribution in [2.24, 2.45) is 5.10 Å².